The minimum Gasteiger partial charge on any atom is -0.493 e. The van der Waals surface area contributed by atoms with E-state index in [2.05, 4.69) is 39.5 Å². The molecule has 0 heterocycles. The van der Waals surface area contributed by atoms with Gasteiger partial charge in [-0.05, 0) is 86.2 Å². The van der Waals surface area contributed by atoms with Crippen molar-refractivity contribution in [3.8, 4) is 0 Å². The van der Waals surface area contributed by atoms with E-state index in [0.717, 1.165) is 43.4 Å². The zero-order chi connectivity index (χ0) is 27.2. The van der Waals surface area contributed by atoms with Crippen molar-refractivity contribution in [2.24, 2.45) is 15.2 Å². The summed E-state index contributed by atoms with van der Waals surface area (Å²) in [5.41, 5.74) is 2.37. The second kappa shape index (κ2) is 9.29. The third-order valence-electron chi connectivity index (χ3n) is 7.24. The molecule has 40 heavy (non-hydrogen) atoms. The van der Waals surface area contributed by atoms with E-state index in [1.165, 1.54) is 0 Å². The van der Waals surface area contributed by atoms with Crippen molar-refractivity contribution in [1.82, 2.24) is 0 Å². The van der Waals surface area contributed by atoms with Crippen LogP contribution in [0.1, 0.15) is 15.9 Å². The lowest BCUT2D eigenvalue weighted by atomic mass is 9.86. The predicted octanol–water partition coefficient (Wildman–Crippen LogP) is 9.49. The summed E-state index contributed by atoms with van der Waals surface area (Å²) in [4.78, 5) is 16.8. The third kappa shape index (κ3) is 3.82. The number of rotatable bonds is 5. The predicted molar refractivity (Wildman–Crippen MR) is 160 cm³/mol. The summed E-state index contributed by atoms with van der Waals surface area (Å²) in [5.74, 6) is -1.33. The van der Waals surface area contributed by atoms with Crippen LogP contribution in [0.25, 0.3) is 43.1 Å². The quantitative estimate of drug-likeness (QED) is 0.0779. The van der Waals surface area contributed by atoms with Crippen LogP contribution in [0.3, 0.4) is 0 Å². The van der Waals surface area contributed by atoms with Crippen molar-refractivity contribution in [2.75, 3.05) is 0 Å². The van der Waals surface area contributed by atoms with Crippen LogP contribution < -0.4 is 0 Å². The molecule has 7 aromatic carbocycles. The highest BCUT2D eigenvalue weighted by molar-refractivity contribution is 6.36. The normalized spacial score (nSPS) is 12.3. The molecule has 2 N–H and O–H groups in total. The number of azo groups is 1. The number of aliphatic hydroxyl groups is 1. The summed E-state index contributed by atoms with van der Waals surface area (Å²) in [7, 11) is 0. The molecule has 6 nitrogen and oxygen atoms in total. The molecule has 0 aliphatic carbocycles. The maximum absolute atomic E-state index is 12.4. The van der Waals surface area contributed by atoms with Crippen LogP contribution in [0.15, 0.2) is 130 Å². The molecule has 0 spiro atoms. The maximum atomic E-state index is 12.4. The van der Waals surface area contributed by atoms with Gasteiger partial charge in [-0.15, -0.1) is 0 Å². The van der Waals surface area contributed by atoms with Gasteiger partial charge >= 0.3 is 5.97 Å². The van der Waals surface area contributed by atoms with Crippen LogP contribution in [0, 0.1) is 0 Å². The van der Waals surface area contributed by atoms with Crippen molar-refractivity contribution < 1.29 is 15.0 Å². The van der Waals surface area contributed by atoms with Crippen molar-refractivity contribution in [3.05, 3.63) is 126 Å². The molecular formula is C34H21N3O3. The number of aliphatic imine (C=N–C) groups is 1. The van der Waals surface area contributed by atoms with Gasteiger partial charge < -0.3 is 10.2 Å². The minimum atomic E-state index is -1.07. The Morgan fingerprint density at radius 1 is 0.475 bits per heavy atom. The van der Waals surface area contributed by atoms with Crippen molar-refractivity contribution in [2.45, 2.75) is 0 Å². The highest BCUT2D eigenvalue weighted by atomic mass is 16.4. The van der Waals surface area contributed by atoms with Gasteiger partial charge in [-0.2, -0.15) is 10.2 Å². The Bertz CT molecular complexity index is 2080. The number of carboxylic acids is 1. The number of hydrogen-bond acceptors (Lipinski definition) is 4. The van der Waals surface area contributed by atoms with Gasteiger partial charge in [-0.1, -0.05) is 66.7 Å². The second-order valence-electron chi connectivity index (χ2n) is 9.57. The van der Waals surface area contributed by atoms with Gasteiger partial charge in [0.15, 0.2) is 0 Å². The molecule has 0 aliphatic rings. The van der Waals surface area contributed by atoms with Crippen molar-refractivity contribution >= 4 is 72.0 Å². The Balaban J connectivity index is 1.38. The molecule has 0 aliphatic heterocycles. The Labute approximate surface area is 228 Å². The molecule has 0 bridgehead atoms. The molecule has 190 valence electrons. The summed E-state index contributed by atoms with van der Waals surface area (Å²) >= 11 is 0. The lowest BCUT2D eigenvalue weighted by molar-refractivity contribution is 0.0699. The molecule has 0 radical (unpaired) electrons. The zero-order valence-corrected chi connectivity index (χ0v) is 21.1. The number of hydrogen-bond donors (Lipinski definition) is 2. The molecule has 7 rings (SSSR count). The summed E-state index contributed by atoms with van der Waals surface area (Å²) in [5, 5.41) is 37.3. The number of carbonyl (C=O) groups is 1. The fourth-order valence-corrected chi connectivity index (χ4v) is 5.49. The van der Waals surface area contributed by atoms with E-state index in [1.54, 1.807) is 36.4 Å². The van der Waals surface area contributed by atoms with Gasteiger partial charge in [0.1, 0.15) is 0 Å². The molecule has 0 amide bonds. The maximum Gasteiger partial charge on any atom is 0.336 e. The molecule has 0 saturated heterocycles. The topological polar surface area (TPSA) is 94.6 Å². The van der Waals surface area contributed by atoms with Crippen LogP contribution in [-0.2, 0) is 0 Å². The van der Waals surface area contributed by atoms with E-state index in [9.17, 15) is 15.0 Å². The second-order valence-corrected chi connectivity index (χ2v) is 9.57. The number of benzene rings is 7. The highest BCUT2D eigenvalue weighted by Crippen LogP contribution is 2.42. The number of aliphatic hydroxyl groups excluding tert-OH is 1. The van der Waals surface area contributed by atoms with Crippen LogP contribution >= 0.6 is 0 Å². The van der Waals surface area contributed by atoms with E-state index < -0.39 is 5.97 Å². The molecule has 7 aromatic rings. The summed E-state index contributed by atoms with van der Waals surface area (Å²) in [6.45, 7) is 0. The number of carboxylic acid groups (broad SMARTS) is 1. The number of aromatic carboxylic acids is 1. The Morgan fingerprint density at radius 3 is 1.65 bits per heavy atom. The standard InChI is InChI=1S/C34H21N3O3/c38-33(35-21-12-14-23(15-13-21)37-36-22-8-2-1-3-9-22)28-18-16-26-24-10-4-6-20-7-5-11-25(30(20)24)27-17-19-29(34(39)40)32(28)31(26)27/h1-19H,(H,35,38)(H,39,40). The van der Waals surface area contributed by atoms with Crippen LogP contribution in [0.2, 0.25) is 0 Å². The number of fused-ring (bicyclic) bond motifs is 2. The highest BCUT2D eigenvalue weighted by Gasteiger charge is 2.21. The smallest absolute Gasteiger partial charge is 0.336 e. The molecule has 0 aromatic heterocycles. The average molecular weight is 520 g/mol. The van der Waals surface area contributed by atoms with Gasteiger partial charge in [-0.3, -0.25) is 0 Å². The van der Waals surface area contributed by atoms with E-state index in [-0.39, 0.29) is 11.5 Å². The lowest BCUT2D eigenvalue weighted by Crippen LogP contribution is -2.06. The van der Waals surface area contributed by atoms with E-state index in [4.69, 9.17) is 0 Å². The first-order chi connectivity index (χ1) is 19.6. The van der Waals surface area contributed by atoms with Crippen LogP contribution in [0.4, 0.5) is 17.1 Å². The van der Waals surface area contributed by atoms with Crippen LogP contribution in [-0.4, -0.2) is 22.1 Å². The zero-order valence-electron chi connectivity index (χ0n) is 21.1. The average Bonchev–Trinajstić information content (AvgIpc) is 2.99. The van der Waals surface area contributed by atoms with Gasteiger partial charge in [0.05, 0.1) is 22.6 Å². The Morgan fingerprint density at radius 2 is 1.02 bits per heavy atom. The molecule has 0 fully saturated rings. The van der Waals surface area contributed by atoms with E-state index in [0.29, 0.717) is 22.3 Å². The van der Waals surface area contributed by atoms with E-state index >= 15 is 0 Å². The van der Waals surface area contributed by atoms with Gasteiger partial charge in [0, 0.05) is 10.9 Å². The van der Waals surface area contributed by atoms with Crippen molar-refractivity contribution in [3.63, 3.8) is 0 Å². The Hall–Kier alpha value is -5.62. The van der Waals surface area contributed by atoms with Crippen LogP contribution in [0.5, 0.6) is 0 Å². The molecule has 6 heteroatoms. The monoisotopic (exact) mass is 519 g/mol. The Kier molecular flexibility index (Phi) is 5.46. The molecule has 0 saturated carbocycles. The lowest BCUT2D eigenvalue weighted by Gasteiger charge is -2.17. The summed E-state index contributed by atoms with van der Waals surface area (Å²) < 4.78 is 0. The molecule has 0 atom stereocenters. The van der Waals surface area contributed by atoms with Gasteiger partial charge in [-0.25, -0.2) is 9.79 Å². The molecule has 0 unspecified atom stereocenters. The molecular weight excluding hydrogens is 498 g/mol. The fourth-order valence-electron chi connectivity index (χ4n) is 5.49. The first-order valence-corrected chi connectivity index (χ1v) is 12.8. The third-order valence-corrected chi connectivity index (χ3v) is 7.24. The van der Waals surface area contributed by atoms with Gasteiger partial charge in [0.2, 0.25) is 5.90 Å². The first-order valence-electron chi connectivity index (χ1n) is 12.8. The van der Waals surface area contributed by atoms with Gasteiger partial charge in [0.25, 0.3) is 0 Å². The summed E-state index contributed by atoms with van der Waals surface area (Å²) in [6.07, 6.45) is 0. The first kappa shape index (κ1) is 23.5. The van der Waals surface area contributed by atoms with E-state index in [1.807, 2.05) is 54.6 Å². The largest absolute Gasteiger partial charge is 0.493 e. The minimum absolute atomic E-state index is 0.112. The fraction of sp³-hybridized carbons (Fsp3) is 0. The van der Waals surface area contributed by atoms with Crippen molar-refractivity contribution in [1.29, 1.82) is 0 Å². The number of nitrogens with zero attached hydrogens (tertiary/aromatic N) is 3. The SMILES string of the molecule is O=C(O)c1ccc2c3cccc4cccc(c5ccc(C(O)=Nc6ccc(N=Nc7ccccc7)cc6)c1c25)c43. The summed E-state index contributed by atoms with van der Waals surface area (Å²) in [6, 6.07) is 35.9.